The van der Waals surface area contributed by atoms with Crippen LogP contribution in [0.1, 0.15) is 69.8 Å². The highest BCUT2D eigenvalue weighted by Crippen LogP contribution is 2.69. The summed E-state index contributed by atoms with van der Waals surface area (Å²) < 4.78 is 7.46. The smallest absolute Gasteiger partial charge is 0.0974 e. The van der Waals surface area contributed by atoms with E-state index in [4.69, 9.17) is 4.74 Å². The van der Waals surface area contributed by atoms with Gasteiger partial charge in [0.15, 0.2) is 0 Å². The van der Waals surface area contributed by atoms with Gasteiger partial charge in [-0.15, -0.1) is 0 Å². The van der Waals surface area contributed by atoms with E-state index in [1.165, 1.54) is 40.3 Å². The predicted octanol–water partition coefficient (Wildman–Crippen LogP) is 4.88. The maximum Gasteiger partial charge on any atom is 0.0974 e. The summed E-state index contributed by atoms with van der Waals surface area (Å²) in [7, 11) is 0. The number of β-amino-alcohol motifs (C(OH)–C–C–N with tert-alkyl or cyclic N) is 2. The molecule has 37 heavy (non-hydrogen) atoms. The molecule has 1 aromatic carbocycles. The molecular formula is C32H38N2O3. The Morgan fingerprint density at radius 2 is 1.89 bits per heavy atom. The predicted molar refractivity (Wildman–Crippen MR) is 143 cm³/mol. The summed E-state index contributed by atoms with van der Waals surface area (Å²) in [5.41, 5.74) is 4.30. The number of pyridine rings is 1. The zero-order valence-corrected chi connectivity index (χ0v) is 21.8. The molecule has 2 N–H and O–H groups in total. The lowest BCUT2D eigenvalue weighted by atomic mass is 9.58. The molecule has 1 aromatic heterocycles. The maximum absolute atomic E-state index is 10.2. The minimum Gasteiger partial charge on any atom is -0.389 e. The van der Waals surface area contributed by atoms with Gasteiger partial charge in [-0.3, -0.25) is 9.88 Å². The molecule has 3 aliphatic heterocycles. The van der Waals surface area contributed by atoms with E-state index in [-0.39, 0.29) is 16.6 Å². The summed E-state index contributed by atoms with van der Waals surface area (Å²) in [6.07, 6.45) is 16.7. The molecule has 2 spiro atoms. The second-order valence-electron chi connectivity index (χ2n) is 13.2. The highest BCUT2D eigenvalue weighted by atomic mass is 16.5. The van der Waals surface area contributed by atoms with Crippen molar-refractivity contribution in [2.75, 3.05) is 13.1 Å². The normalized spacial score (nSPS) is 44.8. The third-order valence-electron chi connectivity index (χ3n) is 11.5. The van der Waals surface area contributed by atoms with Crippen LogP contribution in [0.15, 0.2) is 60.0 Å². The average Bonchev–Trinajstić information content (AvgIpc) is 3.54. The number of benzene rings is 1. The van der Waals surface area contributed by atoms with E-state index in [2.05, 4.69) is 53.2 Å². The first-order chi connectivity index (χ1) is 17.9. The quantitative estimate of drug-likeness (QED) is 0.618. The van der Waals surface area contributed by atoms with Crippen LogP contribution in [0.25, 0.3) is 10.8 Å². The second kappa shape index (κ2) is 7.75. The first-order valence-electron chi connectivity index (χ1n) is 14.5. The zero-order valence-electron chi connectivity index (χ0n) is 21.8. The number of rotatable bonds is 2. The van der Waals surface area contributed by atoms with Crippen molar-refractivity contribution < 1.29 is 14.9 Å². The number of aliphatic hydroxyl groups excluding tert-OH is 2. The molecule has 4 heterocycles. The molecule has 2 saturated heterocycles. The fraction of sp³-hybridized carbons (Fsp3) is 0.594. The Labute approximate surface area is 219 Å². The molecule has 194 valence electrons. The number of hydrogen-bond acceptors (Lipinski definition) is 5. The number of nitrogens with zero attached hydrogens (tertiary/aromatic N) is 2. The number of aliphatic hydroxyl groups is 2. The van der Waals surface area contributed by atoms with Gasteiger partial charge in [0.25, 0.3) is 0 Å². The van der Waals surface area contributed by atoms with Gasteiger partial charge in [-0.2, -0.15) is 0 Å². The van der Waals surface area contributed by atoms with E-state index in [1.807, 2.05) is 12.4 Å². The number of allylic oxidation sites excluding steroid dienone is 1. The Morgan fingerprint density at radius 3 is 2.76 bits per heavy atom. The Bertz CT molecular complexity index is 1330. The molecule has 2 bridgehead atoms. The molecule has 6 aliphatic rings. The van der Waals surface area contributed by atoms with E-state index in [0.29, 0.717) is 31.0 Å². The van der Waals surface area contributed by atoms with Crippen molar-refractivity contribution >= 4 is 10.8 Å². The van der Waals surface area contributed by atoms with Crippen LogP contribution < -0.4 is 0 Å². The van der Waals surface area contributed by atoms with Gasteiger partial charge in [0, 0.05) is 36.9 Å². The van der Waals surface area contributed by atoms with E-state index >= 15 is 0 Å². The summed E-state index contributed by atoms with van der Waals surface area (Å²) in [6.45, 7) is 3.71. The third kappa shape index (κ3) is 3.09. The van der Waals surface area contributed by atoms with Gasteiger partial charge in [0.2, 0.25) is 0 Å². The lowest BCUT2D eigenvalue weighted by molar-refractivity contribution is -0.140. The molecule has 0 radical (unpaired) electrons. The molecule has 3 aliphatic carbocycles. The van der Waals surface area contributed by atoms with Crippen molar-refractivity contribution in [3.8, 4) is 0 Å². The van der Waals surface area contributed by atoms with Gasteiger partial charge < -0.3 is 14.9 Å². The van der Waals surface area contributed by atoms with Gasteiger partial charge in [-0.25, -0.2) is 0 Å². The zero-order chi connectivity index (χ0) is 25.0. The molecule has 4 fully saturated rings. The fourth-order valence-electron chi connectivity index (χ4n) is 9.66. The SMILES string of the molecule is C[C@]12CC=C3C=C4CC[C@@H](N5C[C@@H](O)[C@@H](O)C5)C[C@]45CC[C@]3(O5)[C@@H]1CC[C@@H]2c1ccc2ccncc2c1. The van der Waals surface area contributed by atoms with Crippen molar-refractivity contribution in [1.29, 1.82) is 0 Å². The van der Waals surface area contributed by atoms with Crippen LogP contribution in [0.3, 0.4) is 0 Å². The molecule has 5 heteroatoms. The number of aromatic nitrogens is 1. The third-order valence-corrected chi connectivity index (χ3v) is 11.5. The van der Waals surface area contributed by atoms with Crippen molar-refractivity contribution in [2.24, 2.45) is 11.3 Å². The van der Waals surface area contributed by atoms with Crippen LogP contribution in [-0.4, -0.2) is 62.6 Å². The second-order valence-corrected chi connectivity index (χ2v) is 13.2. The molecular weight excluding hydrogens is 460 g/mol. The summed E-state index contributed by atoms with van der Waals surface area (Å²) >= 11 is 0. The van der Waals surface area contributed by atoms with Crippen LogP contribution in [0.4, 0.5) is 0 Å². The van der Waals surface area contributed by atoms with Crippen molar-refractivity contribution in [1.82, 2.24) is 9.88 Å². The molecule has 8 rings (SSSR count). The minimum absolute atomic E-state index is 0.157. The number of fused-ring (bicyclic) bond motifs is 2. The fourth-order valence-corrected chi connectivity index (χ4v) is 9.66. The van der Waals surface area contributed by atoms with E-state index in [9.17, 15) is 10.2 Å². The monoisotopic (exact) mass is 498 g/mol. The van der Waals surface area contributed by atoms with Crippen LogP contribution in [0.2, 0.25) is 0 Å². The largest absolute Gasteiger partial charge is 0.389 e. The Balaban J connectivity index is 1.12. The van der Waals surface area contributed by atoms with Crippen LogP contribution in [-0.2, 0) is 4.74 Å². The lowest BCUT2D eigenvalue weighted by Gasteiger charge is -2.55. The summed E-state index contributed by atoms with van der Waals surface area (Å²) in [4.78, 5) is 6.70. The average molecular weight is 499 g/mol. The molecule has 2 aromatic rings. The van der Waals surface area contributed by atoms with Crippen molar-refractivity contribution in [2.45, 2.75) is 93.7 Å². The molecule has 0 unspecified atom stereocenters. The van der Waals surface area contributed by atoms with Crippen molar-refractivity contribution in [3.63, 3.8) is 0 Å². The molecule has 2 saturated carbocycles. The number of likely N-dealkylation sites (tertiary alicyclic amines) is 1. The van der Waals surface area contributed by atoms with Crippen LogP contribution >= 0.6 is 0 Å². The first-order valence-corrected chi connectivity index (χ1v) is 14.5. The first kappa shape index (κ1) is 22.9. The van der Waals surface area contributed by atoms with Crippen LogP contribution in [0.5, 0.6) is 0 Å². The molecule has 5 nitrogen and oxygen atoms in total. The van der Waals surface area contributed by atoms with Crippen LogP contribution in [0, 0.1) is 11.3 Å². The number of ether oxygens (including phenoxy) is 1. The van der Waals surface area contributed by atoms with Gasteiger partial charge in [0.1, 0.15) is 0 Å². The Morgan fingerprint density at radius 1 is 1.03 bits per heavy atom. The maximum atomic E-state index is 10.2. The molecule has 8 atom stereocenters. The minimum atomic E-state index is -0.619. The van der Waals surface area contributed by atoms with Gasteiger partial charge in [0.05, 0.1) is 23.4 Å². The van der Waals surface area contributed by atoms with Gasteiger partial charge >= 0.3 is 0 Å². The van der Waals surface area contributed by atoms with E-state index in [0.717, 1.165) is 38.5 Å². The van der Waals surface area contributed by atoms with E-state index in [1.54, 1.807) is 0 Å². The molecule has 0 amide bonds. The number of hydrogen-bond donors (Lipinski definition) is 2. The summed E-state index contributed by atoms with van der Waals surface area (Å²) in [6, 6.07) is 9.50. The summed E-state index contributed by atoms with van der Waals surface area (Å²) in [5.74, 6) is 1.06. The lowest BCUT2D eigenvalue weighted by Crippen LogP contribution is -2.55. The van der Waals surface area contributed by atoms with Gasteiger partial charge in [-0.05, 0) is 103 Å². The summed E-state index contributed by atoms with van der Waals surface area (Å²) in [5, 5.41) is 22.9. The highest BCUT2D eigenvalue weighted by Gasteiger charge is 2.66. The van der Waals surface area contributed by atoms with Crippen molar-refractivity contribution in [3.05, 3.63) is 65.5 Å². The van der Waals surface area contributed by atoms with Gasteiger partial charge in [-0.1, -0.05) is 31.2 Å². The topological polar surface area (TPSA) is 65.8 Å². The Kier molecular flexibility index (Phi) is 4.80. The standard InChI is InChI=1S/C32H38N2O3/c1-30-10-8-24-15-23-4-5-25(34-18-27(35)28(36)19-34)16-31(23)11-12-32(24,37-31)29(30)7-6-26(30)21-3-2-20-9-13-33-17-22(20)14-21/h2-3,8-9,13-15,17,25-29,35-36H,4-7,10-12,16,18-19H2,1H3/t25-,26-,27-,28+,29-,30-,31-,32-/m1/s1. The van der Waals surface area contributed by atoms with E-state index < -0.39 is 12.2 Å². The Hall–Kier alpha value is -2.05. The highest BCUT2D eigenvalue weighted by molar-refractivity contribution is 5.82.